The Morgan fingerprint density at radius 2 is 1.70 bits per heavy atom. The molecule has 2 aromatic heterocycles. The van der Waals surface area contributed by atoms with Crippen molar-refractivity contribution in [2.75, 3.05) is 5.32 Å². The minimum Gasteiger partial charge on any atom is -0.463 e. The number of hydrogen-bond acceptors (Lipinski definition) is 2. The van der Waals surface area contributed by atoms with Crippen LogP contribution in [0.15, 0.2) is 71.3 Å². The predicted octanol–water partition coefficient (Wildman–Crippen LogP) is 5.41. The van der Waals surface area contributed by atoms with E-state index in [0.29, 0.717) is 17.8 Å². The Morgan fingerprint density at radius 1 is 1.00 bits per heavy atom. The third kappa shape index (κ3) is 3.51. The normalized spacial score (nSPS) is 11.0. The number of benzene rings is 2. The molecule has 0 aliphatic rings. The molecular formula is C23H22N2O2. The molecule has 0 saturated heterocycles. The van der Waals surface area contributed by atoms with Crippen molar-refractivity contribution in [1.29, 1.82) is 0 Å². The summed E-state index contributed by atoms with van der Waals surface area (Å²) in [5.41, 5.74) is 6.61. The summed E-state index contributed by atoms with van der Waals surface area (Å²) in [4.78, 5) is 12.9. The van der Waals surface area contributed by atoms with Crippen molar-refractivity contribution >= 4 is 22.7 Å². The van der Waals surface area contributed by atoms with Gasteiger partial charge in [0.1, 0.15) is 5.69 Å². The highest BCUT2D eigenvalue weighted by Crippen LogP contribution is 2.24. The number of furan rings is 1. The third-order valence-corrected chi connectivity index (χ3v) is 4.84. The first-order valence-electron chi connectivity index (χ1n) is 9.16. The minimum atomic E-state index is -0.141. The van der Waals surface area contributed by atoms with Crippen molar-refractivity contribution in [2.45, 2.75) is 26.8 Å². The summed E-state index contributed by atoms with van der Waals surface area (Å²) in [6, 6.07) is 20.0. The molecule has 4 nitrogen and oxygen atoms in total. The Hall–Kier alpha value is -3.27. The lowest BCUT2D eigenvalue weighted by atomic mass is 10.1. The molecule has 4 heteroatoms. The van der Waals surface area contributed by atoms with Gasteiger partial charge in [0, 0.05) is 24.4 Å². The third-order valence-electron chi connectivity index (χ3n) is 4.84. The Morgan fingerprint density at radius 3 is 2.41 bits per heavy atom. The number of aromatic nitrogens is 1. The molecule has 0 atom stereocenters. The van der Waals surface area contributed by atoms with E-state index in [4.69, 9.17) is 4.42 Å². The van der Waals surface area contributed by atoms with Crippen LogP contribution in [0.3, 0.4) is 0 Å². The van der Waals surface area contributed by atoms with Gasteiger partial charge in [-0.15, -0.1) is 0 Å². The lowest BCUT2D eigenvalue weighted by molar-refractivity contribution is 0.101. The Kier molecular flexibility index (Phi) is 4.55. The Labute approximate surface area is 158 Å². The second-order valence-corrected chi connectivity index (χ2v) is 6.78. The molecule has 0 bridgehead atoms. The van der Waals surface area contributed by atoms with Crippen molar-refractivity contribution < 1.29 is 9.21 Å². The molecule has 2 heterocycles. The van der Waals surface area contributed by atoms with Gasteiger partial charge in [-0.2, -0.15) is 0 Å². The molecule has 4 aromatic rings. The summed E-state index contributed by atoms with van der Waals surface area (Å²) >= 11 is 0. The van der Waals surface area contributed by atoms with Crippen molar-refractivity contribution in [2.24, 2.45) is 0 Å². The molecule has 1 amide bonds. The molecule has 0 saturated carbocycles. The van der Waals surface area contributed by atoms with E-state index in [1.807, 2.05) is 34.9 Å². The topological polar surface area (TPSA) is 47.2 Å². The van der Waals surface area contributed by atoms with Crippen LogP contribution in [0.5, 0.6) is 0 Å². The average Bonchev–Trinajstić information content (AvgIpc) is 3.27. The minimum absolute atomic E-state index is 0.141. The number of carbonyl (C=O) groups excluding carboxylic acids is 1. The standard InChI is InChI=1S/C23H22N2O2/c1-3-17-8-10-19(11-9-17)24-23(26)21-14-22-20(12-13-27-22)25(21)15-18-6-4-16(2)5-7-18/h4-14H,3,15H2,1-2H3,(H,24,26). The van der Waals surface area contributed by atoms with E-state index in [1.54, 1.807) is 12.3 Å². The number of amides is 1. The van der Waals surface area contributed by atoms with E-state index >= 15 is 0 Å². The zero-order valence-corrected chi connectivity index (χ0v) is 15.5. The van der Waals surface area contributed by atoms with Crippen LogP contribution in [-0.4, -0.2) is 10.5 Å². The first-order chi connectivity index (χ1) is 13.1. The van der Waals surface area contributed by atoms with Crippen molar-refractivity contribution in [1.82, 2.24) is 4.57 Å². The Bertz CT molecular complexity index is 1070. The van der Waals surface area contributed by atoms with Crippen LogP contribution in [0.1, 0.15) is 34.1 Å². The summed E-state index contributed by atoms with van der Waals surface area (Å²) in [6.45, 7) is 4.79. The molecule has 1 N–H and O–H groups in total. The second-order valence-electron chi connectivity index (χ2n) is 6.78. The van der Waals surface area contributed by atoms with Gasteiger partial charge in [-0.25, -0.2) is 0 Å². The summed E-state index contributed by atoms with van der Waals surface area (Å²) in [7, 11) is 0. The first kappa shape index (κ1) is 17.2. The highest BCUT2D eigenvalue weighted by molar-refractivity contribution is 6.05. The largest absolute Gasteiger partial charge is 0.463 e. The zero-order chi connectivity index (χ0) is 18.8. The van der Waals surface area contributed by atoms with Crippen LogP contribution in [0.2, 0.25) is 0 Å². The predicted molar refractivity (Wildman–Crippen MR) is 108 cm³/mol. The van der Waals surface area contributed by atoms with Gasteiger partial charge < -0.3 is 14.3 Å². The van der Waals surface area contributed by atoms with Gasteiger partial charge >= 0.3 is 0 Å². The maximum atomic E-state index is 12.9. The van der Waals surface area contributed by atoms with Crippen LogP contribution < -0.4 is 5.32 Å². The maximum absolute atomic E-state index is 12.9. The van der Waals surface area contributed by atoms with Gasteiger partial charge in [-0.3, -0.25) is 4.79 Å². The first-order valence-corrected chi connectivity index (χ1v) is 9.16. The van der Waals surface area contributed by atoms with Gasteiger partial charge in [0.05, 0.1) is 11.8 Å². The van der Waals surface area contributed by atoms with Crippen LogP contribution in [-0.2, 0) is 13.0 Å². The van der Waals surface area contributed by atoms with E-state index in [-0.39, 0.29) is 5.91 Å². The molecule has 4 rings (SSSR count). The molecule has 2 aromatic carbocycles. The van der Waals surface area contributed by atoms with E-state index < -0.39 is 0 Å². The van der Waals surface area contributed by atoms with Gasteiger partial charge in [0.15, 0.2) is 5.58 Å². The summed E-state index contributed by atoms with van der Waals surface area (Å²) in [5.74, 6) is -0.141. The molecule has 0 aliphatic carbocycles. The molecule has 0 radical (unpaired) electrons. The van der Waals surface area contributed by atoms with E-state index in [2.05, 4.69) is 43.4 Å². The number of carbonyl (C=O) groups is 1. The number of aryl methyl sites for hydroxylation is 2. The number of nitrogens with one attached hydrogen (secondary N) is 1. The molecule has 27 heavy (non-hydrogen) atoms. The summed E-state index contributed by atoms with van der Waals surface area (Å²) in [5, 5.41) is 2.99. The molecule has 0 unspecified atom stereocenters. The van der Waals surface area contributed by atoms with Gasteiger partial charge in [-0.05, 0) is 36.6 Å². The number of hydrogen-bond donors (Lipinski definition) is 1. The van der Waals surface area contributed by atoms with Crippen LogP contribution in [0.4, 0.5) is 5.69 Å². The SMILES string of the molecule is CCc1ccc(NC(=O)c2cc3occc3n2Cc2ccc(C)cc2)cc1. The zero-order valence-electron chi connectivity index (χ0n) is 15.5. The van der Waals surface area contributed by atoms with Crippen LogP contribution in [0, 0.1) is 6.92 Å². The quantitative estimate of drug-likeness (QED) is 0.519. The smallest absolute Gasteiger partial charge is 0.272 e. The second kappa shape index (κ2) is 7.16. The Balaban J connectivity index is 1.64. The fraction of sp³-hybridized carbons (Fsp3) is 0.174. The highest BCUT2D eigenvalue weighted by atomic mass is 16.3. The fourth-order valence-corrected chi connectivity index (χ4v) is 3.23. The number of nitrogens with zero attached hydrogens (tertiary/aromatic N) is 1. The molecule has 0 aliphatic heterocycles. The molecule has 0 fully saturated rings. The van der Waals surface area contributed by atoms with Gasteiger partial charge in [-0.1, -0.05) is 48.9 Å². The lowest BCUT2D eigenvalue weighted by Gasteiger charge is -2.11. The van der Waals surface area contributed by atoms with E-state index in [9.17, 15) is 4.79 Å². The summed E-state index contributed by atoms with van der Waals surface area (Å²) < 4.78 is 7.53. The number of fused-ring (bicyclic) bond motifs is 1. The van der Waals surface area contributed by atoms with Crippen molar-refractivity contribution in [3.8, 4) is 0 Å². The molecular weight excluding hydrogens is 336 g/mol. The van der Waals surface area contributed by atoms with Crippen LogP contribution in [0.25, 0.3) is 11.1 Å². The van der Waals surface area contributed by atoms with Crippen molar-refractivity contribution in [3.05, 3.63) is 89.3 Å². The monoisotopic (exact) mass is 358 g/mol. The fourth-order valence-electron chi connectivity index (χ4n) is 3.23. The maximum Gasteiger partial charge on any atom is 0.272 e. The van der Waals surface area contributed by atoms with E-state index in [0.717, 1.165) is 23.2 Å². The highest BCUT2D eigenvalue weighted by Gasteiger charge is 2.18. The van der Waals surface area contributed by atoms with Crippen molar-refractivity contribution in [3.63, 3.8) is 0 Å². The van der Waals surface area contributed by atoms with Crippen LogP contribution >= 0.6 is 0 Å². The number of anilines is 1. The molecule has 136 valence electrons. The molecule has 0 spiro atoms. The lowest BCUT2D eigenvalue weighted by Crippen LogP contribution is -2.17. The summed E-state index contributed by atoms with van der Waals surface area (Å²) in [6.07, 6.45) is 2.63. The average molecular weight is 358 g/mol. The van der Waals surface area contributed by atoms with E-state index in [1.165, 1.54) is 11.1 Å². The van der Waals surface area contributed by atoms with Gasteiger partial charge in [0.25, 0.3) is 5.91 Å². The van der Waals surface area contributed by atoms with Gasteiger partial charge in [0.2, 0.25) is 0 Å². The number of rotatable bonds is 5.